The van der Waals surface area contributed by atoms with Crippen LogP contribution in [0, 0.1) is 0 Å². The molecule has 94 valence electrons. The van der Waals surface area contributed by atoms with Gasteiger partial charge in [-0.15, -0.1) is 20.4 Å². The molecular weight excluding hydrogens is 236 g/mol. The smallest absolute Gasteiger partial charge is 0.203 e. The van der Waals surface area contributed by atoms with Gasteiger partial charge in [0.2, 0.25) is 11.6 Å². The summed E-state index contributed by atoms with van der Waals surface area (Å²) in [5, 5.41) is 15.1. The lowest BCUT2D eigenvalue weighted by Gasteiger charge is -2.13. The lowest BCUT2D eigenvalue weighted by atomic mass is 10.1. The Labute approximate surface area is 104 Å². The largest absolute Gasteiger partial charge is 0.493 e. The van der Waals surface area contributed by atoms with Crippen LogP contribution in [0.25, 0.3) is 11.4 Å². The van der Waals surface area contributed by atoms with Gasteiger partial charge < -0.3 is 14.2 Å². The molecule has 0 saturated heterocycles. The van der Waals surface area contributed by atoms with E-state index >= 15 is 0 Å². The molecule has 0 radical (unpaired) electrons. The van der Waals surface area contributed by atoms with E-state index in [1.807, 2.05) is 0 Å². The van der Waals surface area contributed by atoms with Crippen LogP contribution in [-0.4, -0.2) is 41.7 Å². The Bertz CT molecular complexity index is 508. The van der Waals surface area contributed by atoms with Gasteiger partial charge in [-0.05, 0) is 12.1 Å². The molecule has 18 heavy (non-hydrogen) atoms. The van der Waals surface area contributed by atoms with E-state index in [0.717, 1.165) is 0 Å². The average Bonchev–Trinajstić information content (AvgIpc) is 2.46. The fourth-order valence-electron chi connectivity index (χ4n) is 1.53. The number of benzene rings is 1. The molecule has 0 bridgehead atoms. The van der Waals surface area contributed by atoms with Gasteiger partial charge in [0.1, 0.15) is 0 Å². The van der Waals surface area contributed by atoms with E-state index in [0.29, 0.717) is 28.6 Å². The molecule has 0 unspecified atom stereocenters. The third kappa shape index (κ3) is 2.15. The molecule has 0 aliphatic rings. The number of hydrogen-bond acceptors (Lipinski definition) is 7. The zero-order chi connectivity index (χ0) is 13.0. The molecule has 1 aromatic heterocycles. The predicted octanol–water partition coefficient (Wildman–Crippen LogP) is 0.959. The van der Waals surface area contributed by atoms with Crippen LogP contribution in [0.2, 0.25) is 0 Å². The molecule has 7 nitrogen and oxygen atoms in total. The van der Waals surface area contributed by atoms with Gasteiger partial charge in [0.05, 0.1) is 21.3 Å². The van der Waals surface area contributed by atoms with Gasteiger partial charge in [0.15, 0.2) is 17.8 Å². The van der Waals surface area contributed by atoms with Crippen molar-refractivity contribution < 1.29 is 14.2 Å². The second kappa shape index (κ2) is 5.26. The van der Waals surface area contributed by atoms with Crippen molar-refractivity contribution in [2.75, 3.05) is 21.3 Å². The van der Waals surface area contributed by atoms with Gasteiger partial charge in [-0.1, -0.05) is 0 Å². The van der Waals surface area contributed by atoms with E-state index in [9.17, 15) is 0 Å². The van der Waals surface area contributed by atoms with Crippen LogP contribution in [0.4, 0.5) is 0 Å². The van der Waals surface area contributed by atoms with Crippen molar-refractivity contribution in [3.63, 3.8) is 0 Å². The first-order valence-electron chi connectivity index (χ1n) is 5.11. The summed E-state index contributed by atoms with van der Waals surface area (Å²) in [5.41, 5.74) is 0.685. The molecule has 2 rings (SSSR count). The molecule has 0 spiro atoms. The first-order chi connectivity index (χ1) is 8.80. The number of methoxy groups -OCH3 is 3. The van der Waals surface area contributed by atoms with E-state index in [2.05, 4.69) is 20.4 Å². The Balaban J connectivity index is 2.57. The maximum absolute atomic E-state index is 5.24. The maximum atomic E-state index is 5.24. The topological polar surface area (TPSA) is 79.3 Å². The Morgan fingerprint density at radius 3 is 1.83 bits per heavy atom. The van der Waals surface area contributed by atoms with E-state index in [4.69, 9.17) is 14.2 Å². The van der Waals surface area contributed by atoms with Gasteiger partial charge in [0.25, 0.3) is 0 Å². The molecular formula is C11H12N4O3. The molecule has 0 saturated carbocycles. The van der Waals surface area contributed by atoms with Crippen LogP contribution in [0.15, 0.2) is 18.5 Å². The first-order valence-corrected chi connectivity index (χ1v) is 5.11. The summed E-state index contributed by atoms with van der Waals surface area (Å²) < 4.78 is 15.7. The minimum atomic E-state index is 0.386. The van der Waals surface area contributed by atoms with Crippen molar-refractivity contribution in [3.05, 3.63) is 18.5 Å². The first kappa shape index (κ1) is 12.0. The third-order valence-electron chi connectivity index (χ3n) is 2.33. The SMILES string of the molecule is COc1cc(-c2nncnn2)cc(OC)c1OC. The number of hydrogen-bond donors (Lipinski definition) is 0. The van der Waals surface area contributed by atoms with E-state index < -0.39 is 0 Å². The number of rotatable bonds is 4. The molecule has 2 aromatic rings. The lowest BCUT2D eigenvalue weighted by Crippen LogP contribution is -1.98. The van der Waals surface area contributed by atoms with Crippen molar-refractivity contribution >= 4 is 0 Å². The van der Waals surface area contributed by atoms with Gasteiger partial charge in [-0.3, -0.25) is 0 Å². The Morgan fingerprint density at radius 2 is 1.39 bits per heavy atom. The number of ether oxygens (including phenoxy) is 3. The zero-order valence-corrected chi connectivity index (χ0v) is 10.2. The molecule has 1 heterocycles. The van der Waals surface area contributed by atoms with Crippen molar-refractivity contribution in [1.29, 1.82) is 0 Å². The Hall–Kier alpha value is -2.44. The minimum absolute atomic E-state index is 0.386. The highest BCUT2D eigenvalue weighted by atomic mass is 16.5. The number of aromatic nitrogens is 4. The summed E-state index contributed by atoms with van der Waals surface area (Å²) in [6.07, 6.45) is 1.27. The molecule has 0 aliphatic heterocycles. The molecule has 1 aromatic carbocycles. The van der Waals surface area contributed by atoms with Gasteiger partial charge >= 0.3 is 0 Å². The van der Waals surface area contributed by atoms with E-state index in [1.54, 1.807) is 33.5 Å². The molecule has 0 fully saturated rings. The minimum Gasteiger partial charge on any atom is -0.493 e. The average molecular weight is 248 g/mol. The highest BCUT2D eigenvalue weighted by Gasteiger charge is 2.15. The molecule has 0 amide bonds. The molecule has 0 aliphatic carbocycles. The van der Waals surface area contributed by atoms with Crippen molar-refractivity contribution in [2.24, 2.45) is 0 Å². The second-order valence-electron chi connectivity index (χ2n) is 3.28. The fraction of sp³-hybridized carbons (Fsp3) is 0.273. The van der Waals surface area contributed by atoms with Crippen LogP contribution in [-0.2, 0) is 0 Å². The maximum Gasteiger partial charge on any atom is 0.203 e. The predicted molar refractivity (Wildman–Crippen MR) is 62.7 cm³/mol. The van der Waals surface area contributed by atoms with Crippen LogP contribution in [0.1, 0.15) is 0 Å². The van der Waals surface area contributed by atoms with Crippen molar-refractivity contribution in [1.82, 2.24) is 20.4 Å². The fourth-order valence-corrected chi connectivity index (χ4v) is 1.53. The van der Waals surface area contributed by atoms with Crippen LogP contribution < -0.4 is 14.2 Å². The summed E-state index contributed by atoms with van der Waals surface area (Å²) >= 11 is 0. The van der Waals surface area contributed by atoms with Crippen LogP contribution in [0.5, 0.6) is 17.2 Å². The van der Waals surface area contributed by atoms with Crippen molar-refractivity contribution in [2.45, 2.75) is 0 Å². The summed E-state index contributed by atoms with van der Waals surface area (Å²) in [5.74, 6) is 1.95. The van der Waals surface area contributed by atoms with Crippen LogP contribution >= 0.6 is 0 Å². The molecule has 0 atom stereocenters. The summed E-state index contributed by atoms with van der Waals surface area (Å²) in [7, 11) is 4.63. The Kier molecular flexibility index (Phi) is 3.52. The summed E-state index contributed by atoms with van der Waals surface area (Å²) in [6, 6.07) is 3.47. The quantitative estimate of drug-likeness (QED) is 0.797. The number of nitrogens with zero attached hydrogens (tertiary/aromatic N) is 4. The monoisotopic (exact) mass is 248 g/mol. The van der Waals surface area contributed by atoms with Gasteiger partial charge in [-0.2, -0.15) is 0 Å². The highest BCUT2D eigenvalue weighted by molar-refractivity contribution is 5.66. The van der Waals surface area contributed by atoms with Gasteiger partial charge in [-0.25, -0.2) is 0 Å². The van der Waals surface area contributed by atoms with E-state index in [1.165, 1.54) is 6.33 Å². The van der Waals surface area contributed by atoms with Crippen LogP contribution in [0.3, 0.4) is 0 Å². The lowest BCUT2D eigenvalue weighted by molar-refractivity contribution is 0.324. The molecule has 0 N–H and O–H groups in total. The Morgan fingerprint density at radius 1 is 0.833 bits per heavy atom. The zero-order valence-electron chi connectivity index (χ0n) is 10.2. The summed E-state index contributed by atoms with van der Waals surface area (Å²) in [4.78, 5) is 0. The third-order valence-corrected chi connectivity index (χ3v) is 2.33. The van der Waals surface area contributed by atoms with E-state index in [-0.39, 0.29) is 0 Å². The normalized spacial score (nSPS) is 9.94. The molecule has 7 heteroatoms. The second-order valence-corrected chi connectivity index (χ2v) is 3.28. The standard InChI is InChI=1S/C11H12N4O3/c1-16-8-4-7(11-14-12-6-13-15-11)5-9(17-2)10(8)18-3/h4-6H,1-3H3. The highest BCUT2D eigenvalue weighted by Crippen LogP contribution is 2.40. The van der Waals surface area contributed by atoms with Gasteiger partial charge in [0, 0.05) is 5.56 Å². The van der Waals surface area contributed by atoms with Crippen molar-refractivity contribution in [3.8, 4) is 28.6 Å². The summed E-state index contributed by atoms with van der Waals surface area (Å²) in [6.45, 7) is 0.